The van der Waals surface area contributed by atoms with Crippen LogP contribution < -0.4 is 15.0 Å². The first-order chi connectivity index (χ1) is 14.6. The molecule has 3 heterocycles. The van der Waals surface area contributed by atoms with Crippen LogP contribution in [0.25, 0.3) is 22.3 Å². The van der Waals surface area contributed by atoms with Gasteiger partial charge in [0.1, 0.15) is 18.1 Å². The number of hydrogen-bond acceptors (Lipinski definition) is 8. The Bertz CT molecular complexity index is 992. The second-order valence-electron chi connectivity index (χ2n) is 7.40. The van der Waals surface area contributed by atoms with Crippen LogP contribution in [-0.2, 0) is 4.74 Å². The molecule has 2 aromatic heterocycles. The Labute approximate surface area is 178 Å². The van der Waals surface area contributed by atoms with Crippen molar-refractivity contribution in [3.63, 3.8) is 0 Å². The molecule has 3 aromatic rings. The van der Waals surface area contributed by atoms with Crippen LogP contribution in [0.5, 0.6) is 11.5 Å². The zero-order chi connectivity index (χ0) is 20.9. The van der Waals surface area contributed by atoms with Crippen LogP contribution in [0.15, 0.2) is 29.6 Å². The quantitative estimate of drug-likeness (QED) is 0.573. The lowest BCUT2D eigenvalue weighted by atomic mass is 10.1. The summed E-state index contributed by atoms with van der Waals surface area (Å²) in [5.41, 5.74) is 1.81. The van der Waals surface area contributed by atoms with Crippen LogP contribution in [-0.4, -0.2) is 60.4 Å². The molecule has 9 heteroatoms. The molecule has 160 valence electrons. The van der Waals surface area contributed by atoms with Crippen LogP contribution in [0.2, 0.25) is 0 Å². The summed E-state index contributed by atoms with van der Waals surface area (Å²) in [7, 11) is 0. The second kappa shape index (κ2) is 9.55. The highest BCUT2D eigenvalue weighted by molar-refractivity contribution is 7.14. The predicted molar refractivity (Wildman–Crippen MR) is 116 cm³/mol. The average molecular weight is 433 g/mol. The number of hydrogen-bond donors (Lipinski definition) is 1. The number of anilines is 1. The predicted octanol–water partition coefficient (Wildman–Crippen LogP) is 4.15. The van der Waals surface area contributed by atoms with Crippen molar-refractivity contribution >= 4 is 27.4 Å². The van der Waals surface area contributed by atoms with Gasteiger partial charge in [0.05, 0.1) is 24.4 Å². The molecule has 0 bridgehead atoms. The van der Waals surface area contributed by atoms with Gasteiger partial charge in [0, 0.05) is 53.1 Å². The monoisotopic (exact) mass is 432 g/mol. The third-order valence-corrected chi connectivity index (χ3v) is 5.56. The Morgan fingerprint density at radius 2 is 2.03 bits per heavy atom. The molecule has 1 N–H and O–H groups in total. The zero-order valence-electron chi connectivity index (χ0n) is 17.1. The third-order valence-electron chi connectivity index (χ3n) is 4.79. The van der Waals surface area contributed by atoms with E-state index in [0.717, 1.165) is 38.0 Å². The van der Waals surface area contributed by atoms with Crippen molar-refractivity contribution in [2.75, 3.05) is 44.8 Å². The molecule has 0 aliphatic carbocycles. The van der Waals surface area contributed by atoms with E-state index in [9.17, 15) is 4.53 Å². The largest absolute Gasteiger partial charge is 0.492 e. The number of nitrogens with zero attached hydrogens (tertiary/aromatic N) is 3. The molecule has 1 aliphatic rings. The summed E-state index contributed by atoms with van der Waals surface area (Å²) in [5, 5.41) is 6.53. The van der Waals surface area contributed by atoms with Gasteiger partial charge >= 0.3 is 0 Å². The Morgan fingerprint density at radius 1 is 1.20 bits per heavy atom. The molecule has 0 spiro atoms. The minimum absolute atomic E-state index is 0.112. The van der Waals surface area contributed by atoms with E-state index < -0.39 is 0 Å². The summed E-state index contributed by atoms with van der Waals surface area (Å²) >= 11 is 1.48. The molecule has 1 saturated heterocycles. The molecule has 0 radical (unpaired) electrons. The summed E-state index contributed by atoms with van der Waals surface area (Å²) in [4.78, 5) is 15.6. The number of halogens is 1. The van der Waals surface area contributed by atoms with Gasteiger partial charge in [-0.1, -0.05) is 0 Å². The summed E-state index contributed by atoms with van der Waals surface area (Å²) in [6.07, 6.45) is 0. The Balaban J connectivity index is 1.53. The van der Waals surface area contributed by atoms with Gasteiger partial charge in [-0.25, -0.2) is 9.97 Å². The van der Waals surface area contributed by atoms with Crippen molar-refractivity contribution in [2.45, 2.75) is 19.9 Å². The minimum Gasteiger partial charge on any atom is -0.492 e. The first kappa shape index (κ1) is 20.8. The first-order valence-corrected chi connectivity index (χ1v) is 10.9. The summed E-state index contributed by atoms with van der Waals surface area (Å²) in [6, 6.07) is 7.21. The van der Waals surface area contributed by atoms with Crippen LogP contribution in [0.3, 0.4) is 0 Å². The SMILES string of the molecule is CC(C)Nc1nc(-c2cc(OF)c3ccc(OCCN4CCOCC4)cc3n2)cs1. The smallest absolute Gasteiger partial charge is 0.183 e. The van der Waals surface area contributed by atoms with E-state index in [-0.39, 0.29) is 11.8 Å². The topological polar surface area (TPSA) is 68.7 Å². The number of benzene rings is 1. The van der Waals surface area contributed by atoms with E-state index in [1.807, 2.05) is 19.2 Å². The normalized spacial score (nSPS) is 14.9. The summed E-state index contributed by atoms with van der Waals surface area (Å²) in [5.74, 6) is 0.798. The Morgan fingerprint density at radius 3 is 2.80 bits per heavy atom. The molecule has 7 nitrogen and oxygen atoms in total. The number of morpholine rings is 1. The van der Waals surface area contributed by atoms with Gasteiger partial charge in [0.15, 0.2) is 10.9 Å². The second-order valence-corrected chi connectivity index (χ2v) is 8.26. The van der Waals surface area contributed by atoms with Crippen molar-refractivity contribution < 1.29 is 18.9 Å². The Hall–Kier alpha value is -2.49. The van der Waals surface area contributed by atoms with E-state index in [2.05, 4.69) is 25.1 Å². The summed E-state index contributed by atoms with van der Waals surface area (Å²) < 4.78 is 24.5. The number of ether oxygens (including phenoxy) is 2. The third kappa shape index (κ3) is 4.97. The number of aromatic nitrogens is 2. The molecular formula is C21H25FN4O3S. The van der Waals surface area contributed by atoms with Crippen molar-refractivity contribution in [3.8, 4) is 22.9 Å². The molecular weight excluding hydrogens is 407 g/mol. The molecule has 1 aliphatic heterocycles. The lowest BCUT2D eigenvalue weighted by Crippen LogP contribution is -2.38. The highest BCUT2D eigenvalue weighted by atomic mass is 32.1. The first-order valence-electron chi connectivity index (χ1n) is 10.0. The number of rotatable bonds is 8. The average Bonchev–Trinajstić information content (AvgIpc) is 3.21. The standard InChI is InChI=1S/C21H25FN4O3S/c1-14(2)23-21-25-19(13-30-21)18-12-20(29-22)16-4-3-15(11-17(16)24-18)28-10-7-26-5-8-27-9-6-26/h3-4,11-14H,5-10H2,1-2H3,(H,23,25). The van der Waals surface area contributed by atoms with E-state index in [1.165, 1.54) is 11.3 Å². The minimum atomic E-state index is 0.112. The fourth-order valence-corrected chi connectivity index (χ4v) is 4.13. The highest BCUT2D eigenvalue weighted by Gasteiger charge is 2.14. The van der Waals surface area contributed by atoms with Crippen LogP contribution >= 0.6 is 11.3 Å². The lowest BCUT2D eigenvalue weighted by molar-refractivity contribution is -0.00424. The number of nitrogens with one attached hydrogen (secondary N) is 1. The highest BCUT2D eigenvalue weighted by Crippen LogP contribution is 2.33. The van der Waals surface area contributed by atoms with Crippen molar-refractivity contribution in [1.82, 2.24) is 14.9 Å². The molecule has 1 fully saturated rings. The maximum absolute atomic E-state index is 13.2. The van der Waals surface area contributed by atoms with E-state index in [4.69, 9.17) is 9.47 Å². The number of pyridine rings is 1. The molecule has 0 saturated carbocycles. The molecule has 1 aromatic carbocycles. The maximum atomic E-state index is 13.2. The molecule has 30 heavy (non-hydrogen) atoms. The van der Waals surface area contributed by atoms with Gasteiger partial charge in [-0.2, -0.15) is 0 Å². The maximum Gasteiger partial charge on any atom is 0.183 e. The van der Waals surface area contributed by atoms with Crippen molar-refractivity contribution in [1.29, 1.82) is 0 Å². The fourth-order valence-electron chi connectivity index (χ4n) is 3.28. The zero-order valence-corrected chi connectivity index (χ0v) is 17.9. The van der Waals surface area contributed by atoms with Gasteiger partial charge in [0.25, 0.3) is 0 Å². The number of fused-ring (bicyclic) bond motifs is 1. The van der Waals surface area contributed by atoms with Gasteiger partial charge in [0.2, 0.25) is 0 Å². The Kier molecular flexibility index (Phi) is 6.61. The molecule has 0 amide bonds. The van der Waals surface area contributed by atoms with Crippen LogP contribution in [0.1, 0.15) is 13.8 Å². The number of thiazole rings is 1. The van der Waals surface area contributed by atoms with E-state index in [1.54, 1.807) is 24.3 Å². The van der Waals surface area contributed by atoms with Crippen LogP contribution in [0, 0.1) is 0 Å². The van der Waals surface area contributed by atoms with Gasteiger partial charge in [-0.05, 0) is 26.0 Å². The van der Waals surface area contributed by atoms with Gasteiger partial charge < -0.3 is 14.8 Å². The van der Waals surface area contributed by atoms with Gasteiger partial charge in [-0.3, -0.25) is 9.84 Å². The van der Waals surface area contributed by atoms with Crippen molar-refractivity contribution in [2.24, 2.45) is 0 Å². The molecule has 4 rings (SSSR count). The van der Waals surface area contributed by atoms with Crippen LogP contribution in [0.4, 0.5) is 9.66 Å². The summed E-state index contributed by atoms with van der Waals surface area (Å²) in [6.45, 7) is 8.86. The van der Waals surface area contributed by atoms with Gasteiger partial charge in [-0.15, -0.1) is 11.3 Å². The van der Waals surface area contributed by atoms with E-state index in [0.29, 0.717) is 34.6 Å². The van der Waals surface area contributed by atoms with Crippen molar-refractivity contribution in [3.05, 3.63) is 29.6 Å². The lowest BCUT2D eigenvalue weighted by Gasteiger charge is -2.26. The fraction of sp³-hybridized carbons (Fsp3) is 0.429. The molecule has 0 atom stereocenters. The van der Waals surface area contributed by atoms with E-state index >= 15 is 0 Å². The molecule has 0 unspecified atom stereocenters.